The van der Waals surface area contributed by atoms with Crippen molar-refractivity contribution in [2.24, 2.45) is 0 Å². The van der Waals surface area contributed by atoms with Crippen LogP contribution in [0.3, 0.4) is 0 Å². The van der Waals surface area contributed by atoms with Crippen molar-refractivity contribution in [2.75, 3.05) is 0 Å². The van der Waals surface area contributed by atoms with Gasteiger partial charge in [-0.05, 0) is 249 Å². The van der Waals surface area contributed by atoms with Crippen LogP contribution in [0.5, 0.6) is 0 Å². The van der Waals surface area contributed by atoms with E-state index in [1.807, 2.05) is 159 Å². The maximum Gasteiger partial charge on any atom is 0.165 e. The summed E-state index contributed by atoms with van der Waals surface area (Å²) in [6.45, 7) is 10.5. The maximum atomic E-state index is 5.34. The van der Waals surface area contributed by atoms with Crippen molar-refractivity contribution in [1.29, 1.82) is 0 Å². The van der Waals surface area contributed by atoms with Crippen LogP contribution in [0, 0.1) is 34.6 Å². The highest BCUT2D eigenvalue weighted by Gasteiger charge is 2.30. The highest BCUT2D eigenvalue weighted by molar-refractivity contribution is 6.12. The lowest BCUT2D eigenvalue weighted by Crippen LogP contribution is -2.04. The van der Waals surface area contributed by atoms with Gasteiger partial charge in [-0.2, -0.15) is 0 Å². The fourth-order valence-corrected chi connectivity index (χ4v) is 20.2. The Morgan fingerprint density at radius 3 is 0.648 bits per heavy atom. The van der Waals surface area contributed by atoms with Crippen molar-refractivity contribution in [3.63, 3.8) is 0 Å². The first-order chi connectivity index (χ1) is 71.5. The summed E-state index contributed by atoms with van der Waals surface area (Å²) in [5.74, 6) is 4.29. The second kappa shape index (κ2) is 35.6. The third-order valence-corrected chi connectivity index (χ3v) is 26.7. The monoisotopic (exact) mass is 1870 g/mol. The first-order valence-electron chi connectivity index (χ1n) is 47.9. The summed E-state index contributed by atoms with van der Waals surface area (Å²) < 4.78 is 12.8. The number of aryl methyl sites for hydroxylation is 5. The Morgan fingerprint density at radius 2 is 0.386 bits per heavy atom. The predicted octanol–water partition coefficient (Wildman–Crippen LogP) is 27.1. The number of hydrogen-bond donors (Lipinski definition) is 0. The Morgan fingerprint density at radius 1 is 0.166 bits per heavy atom. The third-order valence-electron chi connectivity index (χ3n) is 26.7. The average Bonchev–Trinajstić information content (AvgIpc) is 0.934. The number of benzene rings is 11. The third kappa shape index (κ3) is 15.0. The van der Waals surface area contributed by atoms with E-state index >= 15 is 0 Å². The fourth-order valence-electron chi connectivity index (χ4n) is 20.2. The van der Waals surface area contributed by atoms with Crippen LogP contribution in [0.15, 0.2) is 414 Å². The minimum absolute atomic E-state index is 0.671. The van der Waals surface area contributed by atoms with E-state index in [1.165, 1.54) is 22.3 Å². The molecule has 145 heavy (non-hydrogen) atoms. The zero-order chi connectivity index (χ0) is 96.9. The molecule has 17 aromatic heterocycles. The first kappa shape index (κ1) is 85.6. The Balaban J connectivity index is 0.000000118. The van der Waals surface area contributed by atoms with Crippen molar-refractivity contribution in [3.8, 4) is 125 Å². The van der Waals surface area contributed by atoms with E-state index in [2.05, 4.69) is 299 Å². The standard InChI is InChI=1S/C51H30N12.C45H33N9.C26H20N2/c1-10-31-13-4-22-52-43(31)40(19-1)61-46(58-37-16-7-25-55-49(37)61)34-28-35(47-59-38-17-8-26-56-50(38)62(47)41-20-2-11-32-14-5-23-53-44(32)41)30-36(29-34)48-60-39-18-9-27-57-51(39)63(48)42-21-3-12-33-15-6-24-54-45(33)42;1-28-13-4-7-19-37(28)52-40(49-34-16-10-22-46-43(34)52)31-25-32(41-50-35-17-11-23-47-44(35)53(41)38-20-8-5-14-29(38)2)27-33(26-31)42-51-36-18-12-24-48-45(36)54(42)39-21-9-6-15-30(39)3;1-17-15-23(19-9-5-3-6-10-19)21-13-14-22-24(20-11-7-4-8-12-20)16-18(2)28-26(22)25(21)27-17/h1-30H;4-27H,1-3H3;3-16H,1-2H3. The molecule has 0 aliphatic heterocycles. The van der Waals surface area contributed by atoms with Gasteiger partial charge in [0.1, 0.15) is 68.0 Å². The maximum absolute atomic E-state index is 5.34. The van der Waals surface area contributed by atoms with Crippen LogP contribution in [-0.4, -0.2) is 112 Å². The predicted molar refractivity (Wildman–Crippen MR) is 578 cm³/mol. The van der Waals surface area contributed by atoms with Crippen LogP contribution in [0.1, 0.15) is 28.1 Å². The molecule has 23 nitrogen and oxygen atoms in total. The lowest BCUT2D eigenvalue weighted by Gasteiger charge is -2.16. The fraction of sp³-hybridized carbons (Fsp3) is 0.0410. The average molecular weight is 1870 g/mol. The van der Waals surface area contributed by atoms with Gasteiger partial charge in [-0.25, -0.2) is 59.8 Å². The lowest BCUT2D eigenvalue weighted by molar-refractivity contribution is 1.05. The second-order valence-corrected chi connectivity index (χ2v) is 35.9. The summed E-state index contributed by atoms with van der Waals surface area (Å²) in [6.07, 6.45) is 16.3. The quantitative estimate of drug-likeness (QED) is 0.0918. The number of nitrogens with zero attached hydrogens (tertiary/aromatic N) is 23. The molecule has 0 bridgehead atoms. The van der Waals surface area contributed by atoms with E-state index < -0.39 is 0 Å². The number of fused-ring (bicyclic) bond motifs is 12. The van der Waals surface area contributed by atoms with Gasteiger partial charge in [-0.3, -0.25) is 52.3 Å². The summed E-state index contributed by atoms with van der Waals surface area (Å²) in [5.41, 5.74) is 34.3. The lowest BCUT2D eigenvalue weighted by atomic mass is 9.95. The van der Waals surface area contributed by atoms with Gasteiger partial charge in [0.05, 0.1) is 61.7 Å². The highest BCUT2D eigenvalue weighted by atomic mass is 15.2. The molecule has 0 N–H and O–H groups in total. The highest BCUT2D eigenvalue weighted by Crippen LogP contribution is 2.45. The van der Waals surface area contributed by atoms with E-state index in [1.54, 1.807) is 18.6 Å². The molecule has 28 rings (SSSR count). The normalized spacial score (nSPS) is 11.6. The van der Waals surface area contributed by atoms with Crippen LogP contribution in [-0.2, 0) is 0 Å². The van der Waals surface area contributed by atoms with Crippen molar-refractivity contribution in [1.82, 2.24) is 112 Å². The van der Waals surface area contributed by atoms with Gasteiger partial charge >= 0.3 is 0 Å². The summed E-state index contributed by atoms with van der Waals surface area (Å²) in [7, 11) is 0. The second-order valence-electron chi connectivity index (χ2n) is 35.9. The van der Waals surface area contributed by atoms with Crippen molar-refractivity contribution >= 4 is 121 Å². The molecule has 0 saturated carbocycles. The van der Waals surface area contributed by atoms with Gasteiger partial charge in [0.2, 0.25) is 0 Å². The molecule has 0 radical (unpaired) electrons. The van der Waals surface area contributed by atoms with Crippen molar-refractivity contribution < 1.29 is 0 Å². The molecule has 0 aliphatic carbocycles. The smallest absolute Gasteiger partial charge is 0.165 e. The summed E-state index contributed by atoms with van der Waals surface area (Å²) in [4.78, 5) is 85.5. The van der Waals surface area contributed by atoms with E-state index in [0.29, 0.717) is 34.4 Å². The molecule has 0 saturated heterocycles. The minimum atomic E-state index is 0.671. The topological polar surface area (TPSA) is 249 Å². The minimum Gasteiger partial charge on any atom is -0.276 e. The van der Waals surface area contributed by atoms with Crippen LogP contribution in [0.4, 0.5) is 0 Å². The van der Waals surface area contributed by atoms with Gasteiger partial charge in [-0.15, -0.1) is 0 Å². The molecule has 0 amide bonds. The molecule has 0 fully saturated rings. The largest absolute Gasteiger partial charge is 0.276 e. The number of hydrogen-bond acceptors (Lipinski definition) is 17. The van der Waals surface area contributed by atoms with Crippen LogP contribution in [0.2, 0.25) is 0 Å². The van der Waals surface area contributed by atoms with E-state index in [0.717, 1.165) is 218 Å². The van der Waals surface area contributed by atoms with Crippen molar-refractivity contribution in [2.45, 2.75) is 34.6 Å². The van der Waals surface area contributed by atoms with Gasteiger partial charge in [0.15, 0.2) is 33.9 Å². The van der Waals surface area contributed by atoms with Crippen LogP contribution >= 0.6 is 0 Å². The molecule has 11 aromatic carbocycles. The van der Waals surface area contributed by atoms with Crippen LogP contribution in [0.25, 0.3) is 246 Å². The van der Waals surface area contributed by atoms with E-state index in [4.69, 9.17) is 84.7 Å². The number of pyridine rings is 11. The Labute approximate surface area is 829 Å². The number of aromatic nitrogens is 23. The van der Waals surface area contributed by atoms with Gasteiger partial charge in [-0.1, -0.05) is 182 Å². The SMILES string of the molecule is Cc1cc(-c2ccccc2)c2ccc3c(-c4ccccc4)cc(C)nc3c2n1.Cc1ccccc1-n1c(-c2cc(-c3nc4cccnc4n3-c3ccccc3C)cc(-c3nc4cccnc4n3-c3ccccc3C)c2)nc2cccnc21.c1cnc2c(-n3c(-c4cc(-c5nc6cccnc6n5-c5cccc6cccnc56)cc(-c5nc6cccnc6n5-c5cccc6cccnc56)c4)nc4cccnc43)cccc2c1. The zero-order valence-electron chi connectivity index (χ0n) is 79.0. The zero-order valence-corrected chi connectivity index (χ0v) is 79.0. The summed E-state index contributed by atoms with van der Waals surface area (Å²) in [6, 6.07) is 122. The van der Waals surface area contributed by atoms with Gasteiger partial charge < -0.3 is 0 Å². The molecular formula is C122H83N23. The summed E-state index contributed by atoms with van der Waals surface area (Å²) in [5, 5.41) is 5.29. The number of imidazole rings is 6. The molecule has 23 heteroatoms. The summed E-state index contributed by atoms with van der Waals surface area (Å²) >= 11 is 0. The number of para-hydroxylation sites is 6. The molecule has 28 aromatic rings. The van der Waals surface area contributed by atoms with E-state index in [-0.39, 0.29) is 0 Å². The van der Waals surface area contributed by atoms with E-state index in [9.17, 15) is 0 Å². The van der Waals surface area contributed by atoms with Crippen LogP contribution < -0.4 is 0 Å². The molecule has 17 heterocycles. The van der Waals surface area contributed by atoms with Gasteiger partial charge in [0.25, 0.3) is 0 Å². The van der Waals surface area contributed by atoms with Crippen molar-refractivity contribution in [3.05, 3.63) is 442 Å². The molecule has 0 spiro atoms. The molecule has 0 unspecified atom stereocenters. The number of rotatable bonds is 14. The molecular weight excluding hydrogens is 1790 g/mol. The molecule has 0 aliphatic rings. The molecule has 0 atom stereocenters. The van der Waals surface area contributed by atoms with Gasteiger partial charge in [0, 0.05) is 127 Å². The Bertz CT molecular complexity index is 9150. The Kier molecular flexibility index (Phi) is 21.0. The first-order valence-corrected chi connectivity index (χ1v) is 47.9. The Hall–Kier alpha value is -19.8. The molecule has 686 valence electrons.